The number of benzene rings is 2. The Hall–Kier alpha value is -2.27. The number of hydrogen-bond donors (Lipinski definition) is 1. The largest absolute Gasteiger partial charge is 0.488 e. The maximum Gasteiger partial charge on any atom is 0.231 e. The van der Waals surface area contributed by atoms with Crippen molar-refractivity contribution in [2.24, 2.45) is 0 Å². The van der Waals surface area contributed by atoms with E-state index in [4.69, 9.17) is 14.2 Å². The molecule has 4 nitrogen and oxygen atoms in total. The van der Waals surface area contributed by atoms with Crippen molar-refractivity contribution < 1.29 is 23.7 Å². The van der Waals surface area contributed by atoms with Crippen LogP contribution in [-0.2, 0) is 13.2 Å². The molecule has 0 unspecified atom stereocenters. The van der Waals surface area contributed by atoms with Crippen LogP contribution in [0.1, 0.15) is 11.1 Å². The van der Waals surface area contributed by atoms with Gasteiger partial charge in [0, 0.05) is 11.6 Å². The van der Waals surface area contributed by atoms with Gasteiger partial charge in [0.25, 0.3) is 0 Å². The smallest absolute Gasteiger partial charge is 0.231 e. The zero-order chi connectivity index (χ0) is 13.9. The third-order valence-electron chi connectivity index (χ3n) is 3.03. The summed E-state index contributed by atoms with van der Waals surface area (Å²) in [5.74, 6) is 1.44. The average molecular weight is 276 g/mol. The minimum absolute atomic E-state index is 0.157. The molecular formula is C15H13FO4. The normalized spacial score (nSPS) is 12.5. The zero-order valence-corrected chi connectivity index (χ0v) is 10.6. The summed E-state index contributed by atoms with van der Waals surface area (Å²) < 4.78 is 29.0. The Bertz CT molecular complexity index is 610. The molecule has 0 spiro atoms. The van der Waals surface area contributed by atoms with Crippen LogP contribution >= 0.6 is 0 Å². The molecule has 0 amide bonds. The van der Waals surface area contributed by atoms with E-state index in [1.807, 2.05) is 0 Å². The van der Waals surface area contributed by atoms with Crippen molar-refractivity contribution in [3.8, 4) is 17.2 Å². The summed E-state index contributed by atoms with van der Waals surface area (Å²) >= 11 is 0. The lowest BCUT2D eigenvalue weighted by Gasteiger charge is -2.11. The average Bonchev–Trinajstić information content (AvgIpc) is 2.92. The first-order valence-corrected chi connectivity index (χ1v) is 6.17. The van der Waals surface area contributed by atoms with Crippen LogP contribution in [0.5, 0.6) is 17.2 Å². The quantitative estimate of drug-likeness (QED) is 0.932. The molecule has 0 radical (unpaired) electrons. The summed E-state index contributed by atoms with van der Waals surface area (Å²) in [5.41, 5.74) is 1.46. The van der Waals surface area contributed by atoms with Crippen molar-refractivity contribution in [3.63, 3.8) is 0 Å². The van der Waals surface area contributed by atoms with Crippen molar-refractivity contribution in [2.75, 3.05) is 6.79 Å². The summed E-state index contributed by atoms with van der Waals surface area (Å²) in [6.07, 6.45) is 0. The molecule has 0 saturated heterocycles. The van der Waals surface area contributed by atoms with Gasteiger partial charge >= 0.3 is 0 Å². The van der Waals surface area contributed by atoms with E-state index in [0.29, 0.717) is 22.8 Å². The van der Waals surface area contributed by atoms with Gasteiger partial charge in [-0.3, -0.25) is 0 Å². The number of aliphatic hydroxyl groups is 1. The first kappa shape index (κ1) is 12.7. The van der Waals surface area contributed by atoms with Crippen LogP contribution in [0.2, 0.25) is 0 Å². The van der Waals surface area contributed by atoms with Gasteiger partial charge in [-0.2, -0.15) is 0 Å². The summed E-state index contributed by atoms with van der Waals surface area (Å²) in [6.45, 7) is 0.296. The van der Waals surface area contributed by atoms with Crippen LogP contribution in [0.3, 0.4) is 0 Å². The fourth-order valence-electron chi connectivity index (χ4n) is 1.97. The Kier molecular flexibility index (Phi) is 3.43. The Morgan fingerprint density at radius 1 is 1.10 bits per heavy atom. The maximum atomic E-state index is 12.8. The number of aliphatic hydroxyl groups excluding tert-OH is 1. The minimum atomic E-state index is -0.284. The first-order chi connectivity index (χ1) is 9.76. The van der Waals surface area contributed by atoms with Crippen molar-refractivity contribution in [3.05, 3.63) is 53.3 Å². The Labute approximate surface area is 115 Å². The molecule has 20 heavy (non-hydrogen) atoms. The SMILES string of the molecule is OCc1cc2c(cc1OCc1ccc(F)cc1)OCO2. The molecule has 1 heterocycles. The van der Waals surface area contributed by atoms with E-state index in [1.54, 1.807) is 24.3 Å². The summed E-state index contributed by atoms with van der Waals surface area (Å²) in [5, 5.41) is 9.36. The molecule has 0 aliphatic carbocycles. The number of hydrogen-bond acceptors (Lipinski definition) is 4. The van der Waals surface area contributed by atoms with Crippen LogP contribution in [0.25, 0.3) is 0 Å². The second kappa shape index (κ2) is 5.38. The fraction of sp³-hybridized carbons (Fsp3) is 0.200. The molecule has 1 aliphatic heterocycles. The van der Waals surface area contributed by atoms with E-state index in [1.165, 1.54) is 12.1 Å². The van der Waals surface area contributed by atoms with E-state index < -0.39 is 0 Å². The molecule has 1 N–H and O–H groups in total. The molecule has 0 saturated carbocycles. The number of rotatable bonds is 4. The molecule has 5 heteroatoms. The molecule has 0 fully saturated rings. The van der Waals surface area contributed by atoms with Crippen LogP contribution in [0, 0.1) is 5.82 Å². The lowest BCUT2D eigenvalue weighted by Crippen LogP contribution is -1.99. The van der Waals surface area contributed by atoms with E-state index >= 15 is 0 Å². The molecule has 2 aromatic carbocycles. The topological polar surface area (TPSA) is 47.9 Å². The summed E-state index contributed by atoms with van der Waals surface area (Å²) in [4.78, 5) is 0. The standard InChI is InChI=1S/C15H13FO4/c16-12-3-1-10(2-4-12)8-18-13-6-15-14(19-9-20-15)5-11(13)7-17/h1-6,17H,7-9H2. The highest BCUT2D eigenvalue weighted by atomic mass is 19.1. The highest BCUT2D eigenvalue weighted by Crippen LogP contribution is 2.38. The van der Waals surface area contributed by atoms with E-state index in [-0.39, 0.29) is 25.8 Å². The molecule has 104 valence electrons. The lowest BCUT2D eigenvalue weighted by molar-refractivity contribution is 0.173. The minimum Gasteiger partial charge on any atom is -0.488 e. The summed E-state index contributed by atoms with van der Waals surface area (Å²) in [7, 11) is 0. The molecule has 2 aromatic rings. The van der Waals surface area contributed by atoms with Crippen LogP contribution in [0.4, 0.5) is 4.39 Å². The maximum absolute atomic E-state index is 12.8. The van der Waals surface area contributed by atoms with Crippen molar-refractivity contribution in [2.45, 2.75) is 13.2 Å². The third kappa shape index (κ3) is 2.53. The predicted molar refractivity (Wildman–Crippen MR) is 69.2 cm³/mol. The van der Waals surface area contributed by atoms with Crippen molar-refractivity contribution in [1.29, 1.82) is 0 Å². The molecule has 0 bridgehead atoms. The summed E-state index contributed by atoms with van der Waals surface area (Å²) in [6, 6.07) is 9.46. The van der Waals surface area contributed by atoms with E-state index in [0.717, 1.165) is 5.56 Å². The van der Waals surface area contributed by atoms with Gasteiger partial charge in [-0.25, -0.2) is 4.39 Å². The van der Waals surface area contributed by atoms with Crippen LogP contribution < -0.4 is 14.2 Å². The number of fused-ring (bicyclic) bond motifs is 1. The van der Waals surface area contributed by atoms with Gasteiger partial charge in [-0.15, -0.1) is 0 Å². The lowest BCUT2D eigenvalue weighted by atomic mass is 10.2. The van der Waals surface area contributed by atoms with Gasteiger partial charge in [0.15, 0.2) is 11.5 Å². The van der Waals surface area contributed by atoms with Gasteiger partial charge < -0.3 is 19.3 Å². The predicted octanol–water partition coefficient (Wildman–Crippen LogP) is 2.63. The highest BCUT2D eigenvalue weighted by Gasteiger charge is 2.17. The van der Waals surface area contributed by atoms with E-state index in [9.17, 15) is 9.50 Å². The monoisotopic (exact) mass is 276 g/mol. The Balaban J connectivity index is 1.78. The van der Waals surface area contributed by atoms with Gasteiger partial charge in [-0.1, -0.05) is 12.1 Å². The zero-order valence-electron chi connectivity index (χ0n) is 10.6. The molecular weight excluding hydrogens is 263 g/mol. The van der Waals surface area contributed by atoms with Gasteiger partial charge in [0.2, 0.25) is 6.79 Å². The van der Waals surface area contributed by atoms with Crippen molar-refractivity contribution in [1.82, 2.24) is 0 Å². The van der Waals surface area contributed by atoms with Gasteiger partial charge in [0.1, 0.15) is 18.2 Å². The van der Waals surface area contributed by atoms with Crippen LogP contribution in [0.15, 0.2) is 36.4 Å². The molecule has 3 rings (SSSR count). The van der Waals surface area contributed by atoms with Gasteiger partial charge in [-0.05, 0) is 23.8 Å². The Morgan fingerprint density at radius 2 is 1.80 bits per heavy atom. The third-order valence-corrected chi connectivity index (χ3v) is 3.03. The second-order valence-electron chi connectivity index (χ2n) is 4.39. The van der Waals surface area contributed by atoms with Gasteiger partial charge in [0.05, 0.1) is 6.61 Å². The van der Waals surface area contributed by atoms with Crippen LogP contribution in [-0.4, -0.2) is 11.9 Å². The Morgan fingerprint density at radius 3 is 2.50 bits per heavy atom. The number of halogens is 1. The molecule has 1 aliphatic rings. The van der Waals surface area contributed by atoms with Crippen molar-refractivity contribution >= 4 is 0 Å². The molecule has 0 atom stereocenters. The second-order valence-corrected chi connectivity index (χ2v) is 4.39. The fourth-order valence-corrected chi connectivity index (χ4v) is 1.97. The number of ether oxygens (including phenoxy) is 3. The first-order valence-electron chi connectivity index (χ1n) is 6.17. The van der Waals surface area contributed by atoms with E-state index in [2.05, 4.69) is 0 Å². The molecule has 0 aromatic heterocycles. The highest BCUT2D eigenvalue weighted by molar-refractivity contribution is 5.51.